The monoisotopic (exact) mass is 412 g/mol. The Morgan fingerprint density at radius 2 is 2.09 bits per heavy atom. The molecule has 0 fully saturated rings. The number of benzene rings is 2. The highest BCUT2D eigenvalue weighted by atomic mass is 79.9. The standard InChI is InChI=1S/C16H14BrClN2O2S/c1-22-15-7-2-12(17)8-11(15)9-19-20-16(21)10-23-14-5-3-13(18)4-6-14/h2-9H,10H2,1H3,(H,20,21)/b19-9-. The summed E-state index contributed by atoms with van der Waals surface area (Å²) in [6.45, 7) is 0. The second-order valence-corrected chi connectivity index (χ2v) is 6.82. The molecule has 0 saturated carbocycles. The third kappa shape index (κ3) is 5.89. The first-order valence-electron chi connectivity index (χ1n) is 6.62. The molecule has 0 heterocycles. The molecule has 0 aliphatic rings. The van der Waals surface area contributed by atoms with Gasteiger partial charge in [-0.2, -0.15) is 5.10 Å². The van der Waals surface area contributed by atoms with E-state index in [1.54, 1.807) is 25.5 Å². The summed E-state index contributed by atoms with van der Waals surface area (Å²) in [5.74, 6) is 0.770. The molecule has 0 unspecified atom stereocenters. The first-order valence-corrected chi connectivity index (χ1v) is 8.78. The highest BCUT2D eigenvalue weighted by Crippen LogP contribution is 2.21. The van der Waals surface area contributed by atoms with Crippen molar-refractivity contribution >= 4 is 51.4 Å². The van der Waals surface area contributed by atoms with Crippen molar-refractivity contribution in [2.45, 2.75) is 4.90 Å². The second kappa shape index (κ2) is 8.96. The van der Waals surface area contributed by atoms with Crippen molar-refractivity contribution < 1.29 is 9.53 Å². The number of thioether (sulfide) groups is 1. The van der Waals surface area contributed by atoms with Gasteiger partial charge >= 0.3 is 0 Å². The van der Waals surface area contributed by atoms with E-state index in [2.05, 4.69) is 26.5 Å². The van der Waals surface area contributed by atoms with Crippen molar-refractivity contribution in [2.75, 3.05) is 12.9 Å². The Hall–Kier alpha value is -1.50. The molecule has 0 aliphatic heterocycles. The average molecular weight is 414 g/mol. The predicted octanol–water partition coefficient (Wildman–Crippen LogP) is 4.35. The molecule has 4 nitrogen and oxygen atoms in total. The van der Waals surface area contributed by atoms with Crippen LogP contribution in [0.5, 0.6) is 5.75 Å². The van der Waals surface area contributed by atoms with Crippen LogP contribution >= 0.6 is 39.3 Å². The number of carbonyl (C=O) groups is 1. The molecule has 120 valence electrons. The number of rotatable bonds is 6. The summed E-state index contributed by atoms with van der Waals surface area (Å²) in [6, 6.07) is 12.9. The molecule has 7 heteroatoms. The fourth-order valence-electron chi connectivity index (χ4n) is 1.69. The average Bonchev–Trinajstić information content (AvgIpc) is 2.54. The van der Waals surface area contributed by atoms with Gasteiger partial charge in [0.2, 0.25) is 5.91 Å². The highest BCUT2D eigenvalue weighted by Gasteiger charge is 2.03. The van der Waals surface area contributed by atoms with E-state index in [0.29, 0.717) is 10.8 Å². The number of ether oxygens (including phenoxy) is 1. The van der Waals surface area contributed by atoms with Crippen molar-refractivity contribution in [3.8, 4) is 5.75 Å². The summed E-state index contributed by atoms with van der Waals surface area (Å²) < 4.78 is 6.14. The summed E-state index contributed by atoms with van der Waals surface area (Å²) in [6.07, 6.45) is 1.55. The van der Waals surface area contributed by atoms with Gasteiger partial charge in [-0.25, -0.2) is 5.43 Å². The Morgan fingerprint density at radius 3 is 2.78 bits per heavy atom. The summed E-state index contributed by atoms with van der Waals surface area (Å²) in [4.78, 5) is 12.8. The lowest BCUT2D eigenvalue weighted by atomic mass is 10.2. The number of hydrazone groups is 1. The SMILES string of the molecule is COc1ccc(Br)cc1/C=N\NC(=O)CSc1ccc(Cl)cc1. The number of amides is 1. The van der Waals surface area contributed by atoms with Crippen LogP contribution < -0.4 is 10.2 Å². The maximum Gasteiger partial charge on any atom is 0.250 e. The molecule has 1 N–H and O–H groups in total. The van der Waals surface area contributed by atoms with Gasteiger partial charge < -0.3 is 4.74 Å². The van der Waals surface area contributed by atoms with Crippen LogP contribution in [0.15, 0.2) is 56.9 Å². The summed E-state index contributed by atoms with van der Waals surface area (Å²) >= 11 is 10.6. The summed E-state index contributed by atoms with van der Waals surface area (Å²) in [7, 11) is 1.59. The first-order chi connectivity index (χ1) is 11.1. The van der Waals surface area contributed by atoms with Gasteiger partial charge in [-0.15, -0.1) is 11.8 Å². The predicted molar refractivity (Wildman–Crippen MR) is 98.6 cm³/mol. The van der Waals surface area contributed by atoms with Crippen molar-refractivity contribution in [1.82, 2.24) is 5.43 Å². The van der Waals surface area contributed by atoms with E-state index in [1.165, 1.54) is 11.8 Å². The van der Waals surface area contributed by atoms with Crippen LogP contribution in [-0.4, -0.2) is 25.0 Å². The molecule has 0 saturated heterocycles. The van der Waals surface area contributed by atoms with Gasteiger partial charge in [0.25, 0.3) is 0 Å². The van der Waals surface area contributed by atoms with E-state index in [9.17, 15) is 4.79 Å². The van der Waals surface area contributed by atoms with Crippen LogP contribution in [0, 0.1) is 0 Å². The smallest absolute Gasteiger partial charge is 0.250 e. The molecule has 0 bridgehead atoms. The molecule has 2 aromatic rings. The number of carbonyl (C=O) groups excluding carboxylic acids is 1. The minimum Gasteiger partial charge on any atom is -0.496 e. The topological polar surface area (TPSA) is 50.7 Å². The Morgan fingerprint density at radius 1 is 1.35 bits per heavy atom. The summed E-state index contributed by atoms with van der Waals surface area (Å²) in [5.41, 5.74) is 3.27. The Labute approximate surface area is 152 Å². The summed E-state index contributed by atoms with van der Waals surface area (Å²) in [5, 5.41) is 4.63. The first kappa shape index (κ1) is 17.8. The molecule has 0 spiro atoms. The van der Waals surface area contributed by atoms with Crippen LogP contribution in [0.25, 0.3) is 0 Å². The van der Waals surface area contributed by atoms with E-state index in [-0.39, 0.29) is 11.7 Å². The molecule has 1 amide bonds. The fraction of sp³-hybridized carbons (Fsp3) is 0.125. The Bertz CT molecular complexity index is 708. The number of methoxy groups -OCH3 is 1. The van der Waals surface area contributed by atoms with Gasteiger partial charge in [0, 0.05) is 20.0 Å². The van der Waals surface area contributed by atoms with Crippen LogP contribution in [0.2, 0.25) is 5.02 Å². The highest BCUT2D eigenvalue weighted by molar-refractivity contribution is 9.10. The zero-order valence-corrected chi connectivity index (χ0v) is 15.4. The van der Waals surface area contributed by atoms with Crippen LogP contribution in [0.3, 0.4) is 0 Å². The minimum absolute atomic E-state index is 0.185. The molecular formula is C16H14BrClN2O2S. The van der Waals surface area contributed by atoms with Crippen LogP contribution in [0.1, 0.15) is 5.56 Å². The lowest BCUT2D eigenvalue weighted by Crippen LogP contribution is -2.19. The van der Waals surface area contributed by atoms with Crippen molar-refractivity contribution in [1.29, 1.82) is 0 Å². The molecule has 0 radical (unpaired) electrons. The maximum absolute atomic E-state index is 11.8. The van der Waals surface area contributed by atoms with Gasteiger partial charge in [-0.3, -0.25) is 4.79 Å². The van der Waals surface area contributed by atoms with E-state index < -0.39 is 0 Å². The Kier molecular flexibility index (Phi) is 6.95. The van der Waals surface area contributed by atoms with Gasteiger partial charge in [0.05, 0.1) is 19.1 Å². The van der Waals surface area contributed by atoms with Crippen molar-refractivity contribution in [3.05, 3.63) is 57.5 Å². The molecular weight excluding hydrogens is 400 g/mol. The zero-order chi connectivity index (χ0) is 16.7. The zero-order valence-electron chi connectivity index (χ0n) is 12.3. The van der Waals surface area contributed by atoms with Crippen LogP contribution in [0.4, 0.5) is 0 Å². The largest absolute Gasteiger partial charge is 0.496 e. The molecule has 2 rings (SSSR count). The van der Waals surface area contributed by atoms with E-state index in [4.69, 9.17) is 16.3 Å². The van der Waals surface area contributed by atoms with Crippen molar-refractivity contribution in [3.63, 3.8) is 0 Å². The van der Waals surface area contributed by atoms with Crippen LogP contribution in [-0.2, 0) is 4.79 Å². The number of hydrogen-bond donors (Lipinski definition) is 1. The molecule has 2 aromatic carbocycles. The number of nitrogens with zero attached hydrogens (tertiary/aromatic N) is 1. The van der Waals surface area contributed by atoms with E-state index >= 15 is 0 Å². The molecule has 0 atom stereocenters. The van der Waals surface area contributed by atoms with Gasteiger partial charge in [0.1, 0.15) is 5.75 Å². The van der Waals surface area contributed by atoms with E-state index in [0.717, 1.165) is 14.9 Å². The van der Waals surface area contributed by atoms with Gasteiger partial charge in [0.15, 0.2) is 0 Å². The Balaban J connectivity index is 1.86. The molecule has 0 aliphatic carbocycles. The van der Waals surface area contributed by atoms with Gasteiger partial charge in [-0.05, 0) is 42.5 Å². The molecule has 23 heavy (non-hydrogen) atoms. The quantitative estimate of drug-likeness (QED) is 0.435. The van der Waals surface area contributed by atoms with Crippen molar-refractivity contribution in [2.24, 2.45) is 5.10 Å². The minimum atomic E-state index is -0.185. The maximum atomic E-state index is 11.8. The third-order valence-corrected chi connectivity index (χ3v) is 4.53. The lowest BCUT2D eigenvalue weighted by molar-refractivity contribution is -0.118. The lowest BCUT2D eigenvalue weighted by Gasteiger charge is -2.04. The number of nitrogens with one attached hydrogen (secondary N) is 1. The van der Waals surface area contributed by atoms with Gasteiger partial charge in [-0.1, -0.05) is 27.5 Å². The second-order valence-electron chi connectivity index (χ2n) is 4.42. The fourth-order valence-corrected chi connectivity index (χ4v) is 2.89. The number of halogens is 2. The molecule has 0 aromatic heterocycles. The number of hydrogen-bond acceptors (Lipinski definition) is 4. The van der Waals surface area contributed by atoms with E-state index in [1.807, 2.05) is 30.3 Å². The normalized spacial score (nSPS) is 10.7. The third-order valence-electron chi connectivity index (χ3n) is 2.77.